The number of aliphatic hydroxyl groups is 1. The first kappa shape index (κ1) is 21.3. The standard InChI is InChI=1S/C22H25N7O3/c1-2-3-10-32-21-27-19(23)18-20(28-21)29(22(31)26-18)12-15-6-9-17(24-11-15)25-16-7-4-14(13-30)5-8-16/h4-9,11,30H,2-3,10,12-13H2,1H3,(H,24,25)(H,26,31)(H2,23,27,28). The first-order valence-electron chi connectivity index (χ1n) is 10.4. The summed E-state index contributed by atoms with van der Waals surface area (Å²) in [5.41, 5.74) is 8.96. The van der Waals surface area contributed by atoms with Crippen LogP contribution in [-0.2, 0) is 13.2 Å². The van der Waals surface area contributed by atoms with Crippen molar-refractivity contribution in [2.45, 2.75) is 32.9 Å². The maximum Gasteiger partial charge on any atom is 0.328 e. The van der Waals surface area contributed by atoms with Crippen LogP contribution in [0.2, 0.25) is 0 Å². The number of aliphatic hydroxyl groups excluding tert-OH is 1. The second-order valence-corrected chi connectivity index (χ2v) is 7.34. The van der Waals surface area contributed by atoms with E-state index >= 15 is 0 Å². The maximum absolute atomic E-state index is 12.5. The van der Waals surface area contributed by atoms with Crippen molar-refractivity contribution < 1.29 is 9.84 Å². The summed E-state index contributed by atoms with van der Waals surface area (Å²) in [6.45, 7) is 2.82. The normalized spacial score (nSPS) is 11.1. The summed E-state index contributed by atoms with van der Waals surface area (Å²) in [6, 6.07) is 11.3. The number of pyridine rings is 1. The highest BCUT2D eigenvalue weighted by Crippen LogP contribution is 2.20. The minimum atomic E-state index is -0.335. The fraction of sp³-hybridized carbons (Fsp3) is 0.273. The number of anilines is 3. The second-order valence-electron chi connectivity index (χ2n) is 7.34. The predicted molar refractivity (Wildman–Crippen MR) is 122 cm³/mol. The number of ether oxygens (including phenoxy) is 1. The Labute approximate surface area is 184 Å². The molecule has 10 nitrogen and oxygen atoms in total. The van der Waals surface area contributed by atoms with Gasteiger partial charge in [-0.2, -0.15) is 9.97 Å². The van der Waals surface area contributed by atoms with E-state index < -0.39 is 0 Å². The molecule has 0 atom stereocenters. The van der Waals surface area contributed by atoms with Gasteiger partial charge in [0.25, 0.3) is 0 Å². The Bertz CT molecular complexity index is 1250. The van der Waals surface area contributed by atoms with Crippen molar-refractivity contribution in [3.05, 3.63) is 64.2 Å². The fourth-order valence-corrected chi connectivity index (χ4v) is 3.17. The lowest BCUT2D eigenvalue weighted by Gasteiger charge is -2.08. The molecule has 4 aromatic rings. The molecule has 0 fully saturated rings. The van der Waals surface area contributed by atoms with Gasteiger partial charge in [-0.05, 0) is 35.7 Å². The number of nitrogen functional groups attached to an aromatic ring is 1. The van der Waals surface area contributed by atoms with E-state index in [1.54, 1.807) is 6.20 Å². The second kappa shape index (κ2) is 9.48. The molecule has 3 aromatic heterocycles. The molecule has 166 valence electrons. The smallest absolute Gasteiger partial charge is 0.328 e. The van der Waals surface area contributed by atoms with Crippen LogP contribution in [0.15, 0.2) is 47.4 Å². The summed E-state index contributed by atoms with van der Waals surface area (Å²) >= 11 is 0. The van der Waals surface area contributed by atoms with E-state index in [4.69, 9.17) is 15.6 Å². The molecule has 10 heteroatoms. The Kier molecular flexibility index (Phi) is 6.31. The van der Waals surface area contributed by atoms with Crippen molar-refractivity contribution >= 4 is 28.5 Å². The third-order valence-corrected chi connectivity index (χ3v) is 4.93. The highest BCUT2D eigenvalue weighted by molar-refractivity contribution is 5.81. The number of aromatic amines is 1. The molecule has 3 heterocycles. The molecule has 0 aliphatic heterocycles. The number of H-pyrrole nitrogens is 1. The van der Waals surface area contributed by atoms with Crippen LogP contribution >= 0.6 is 0 Å². The number of nitrogens with zero attached hydrogens (tertiary/aromatic N) is 4. The summed E-state index contributed by atoms with van der Waals surface area (Å²) in [6.07, 6.45) is 3.55. The molecule has 0 aliphatic carbocycles. The van der Waals surface area contributed by atoms with Gasteiger partial charge in [-0.25, -0.2) is 9.78 Å². The van der Waals surface area contributed by atoms with E-state index in [1.165, 1.54) is 4.57 Å². The number of aromatic nitrogens is 5. The topological polar surface area (TPSA) is 144 Å². The average molecular weight is 435 g/mol. The number of nitrogens with two attached hydrogens (primary N) is 1. The van der Waals surface area contributed by atoms with Gasteiger partial charge in [-0.3, -0.25) is 4.57 Å². The average Bonchev–Trinajstić information content (AvgIpc) is 3.11. The van der Waals surface area contributed by atoms with Crippen LogP contribution in [0, 0.1) is 0 Å². The Balaban J connectivity index is 1.53. The fourth-order valence-electron chi connectivity index (χ4n) is 3.17. The van der Waals surface area contributed by atoms with Gasteiger partial charge < -0.3 is 25.9 Å². The Morgan fingerprint density at radius 3 is 2.62 bits per heavy atom. The van der Waals surface area contributed by atoms with Crippen LogP contribution in [0.5, 0.6) is 6.01 Å². The van der Waals surface area contributed by atoms with Gasteiger partial charge in [0.2, 0.25) is 0 Å². The van der Waals surface area contributed by atoms with Gasteiger partial charge in [-0.15, -0.1) is 0 Å². The van der Waals surface area contributed by atoms with Crippen molar-refractivity contribution in [2.24, 2.45) is 0 Å². The van der Waals surface area contributed by atoms with E-state index in [9.17, 15) is 4.79 Å². The van der Waals surface area contributed by atoms with E-state index in [1.807, 2.05) is 36.4 Å². The lowest BCUT2D eigenvalue weighted by molar-refractivity contribution is 0.282. The highest BCUT2D eigenvalue weighted by Gasteiger charge is 2.15. The van der Waals surface area contributed by atoms with Gasteiger partial charge in [0.05, 0.1) is 19.8 Å². The predicted octanol–water partition coefficient (Wildman–Crippen LogP) is 2.56. The zero-order valence-electron chi connectivity index (χ0n) is 17.7. The van der Waals surface area contributed by atoms with Crippen molar-refractivity contribution in [3.63, 3.8) is 0 Å². The minimum absolute atomic E-state index is 0.00333. The van der Waals surface area contributed by atoms with E-state index in [0.29, 0.717) is 23.6 Å². The first-order chi connectivity index (χ1) is 15.6. The molecular formula is C22H25N7O3. The van der Waals surface area contributed by atoms with Crippen LogP contribution in [0.25, 0.3) is 11.2 Å². The number of hydrogen-bond donors (Lipinski definition) is 4. The summed E-state index contributed by atoms with van der Waals surface area (Å²) in [7, 11) is 0. The maximum atomic E-state index is 12.5. The van der Waals surface area contributed by atoms with Crippen LogP contribution in [0.1, 0.15) is 30.9 Å². The van der Waals surface area contributed by atoms with Crippen LogP contribution in [0.4, 0.5) is 17.3 Å². The largest absolute Gasteiger partial charge is 0.463 e. The number of imidazole rings is 1. The van der Waals surface area contributed by atoms with Crippen LogP contribution < -0.4 is 21.5 Å². The van der Waals surface area contributed by atoms with E-state index in [0.717, 1.165) is 29.7 Å². The lowest BCUT2D eigenvalue weighted by Crippen LogP contribution is -2.18. The molecular weight excluding hydrogens is 410 g/mol. The summed E-state index contributed by atoms with van der Waals surface area (Å²) < 4.78 is 7.05. The molecule has 0 bridgehead atoms. The highest BCUT2D eigenvalue weighted by atomic mass is 16.5. The number of benzene rings is 1. The van der Waals surface area contributed by atoms with Crippen LogP contribution in [0.3, 0.4) is 0 Å². The third-order valence-electron chi connectivity index (χ3n) is 4.93. The monoisotopic (exact) mass is 435 g/mol. The van der Waals surface area contributed by atoms with Crippen molar-refractivity contribution in [2.75, 3.05) is 17.7 Å². The summed E-state index contributed by atoms with van der Waals surface area (Å²) in [5, 5.41) is 12.3. The molecule has 0 saturated carbocycles. The molecule has 5 N–H and O–H groups in total. The van der Waals surface area contributed by atoms with Gasteiger partial charge >= 0.3 is 11.7 Å². The summed E-state index contributed by atoms with van der Waals surface area (Å²) in [5.74, 6) is 0.831. The van der Waals surface area contributed by atoms with Gasteiger partial charge in [-0.1, -0.05) is 31.5 Å². The minimum Gasteiger partial charge on any atom is -0.463 e. The molecule has 0 aliphatic rings. The molecule has 32 heavy (non-hydrogen) atoms. The van der Waals surface area contributed by atoms with E-state index in [2.05, 4.69) is 32.2 Å². The van der Waals surface area contributed by atoms with Crippen LogP contribution in [-0.4, -0.2) is 36.2 Å². The molecule has 0 saturated heterocycles. The Morgan fingerprint density at radius 2 is 1.94 bits per heavy atom. The number of nitrogens with one attached hydrogen (secondary N) is 2. The molecule has 0 spiro atoms. The third kappa shape index (κ3) is 4.70. The van der Waals surface area contributed by atoms with E-state index in [-0.39, 0.29) is 30.7 Å². The SMILES string of the molecule is CCCCOc1nc(N)c2[nH]c(=O)n(Cc3ccc(Nc4ccc(CO)cc4)nc3)c2n1. The number of rotatable bonds is 9. The van der Waals surface area contributed by atoms with Gasteiger partial charge in [0.15, 0.2) is 11.5 Å². The molecule has 4 rings (SSSR count). The molecule has 0 unspecified atom stereocenters. The van der Waals surface area contributed by atoms with Gasteiger partial charge in [0.1, 0.15) is 11.3 Å². The Hall–Kier alpha value is -3.92. The number of hydrogen-bond acceptors (Lipinski definition) is 8. The molecule has 0 amide bonds. The van der Waals surface area contributed by atoms with Crippen molar-refractivity contribution in [1.82, 2.24) is 24.5 Å². The van der Waals surface area contributed by atoms with Crippen molar-refractivity contribution in [1.29, 1.82) is 0 Å². The van der Waals surface area contributed by atoms with Gasteiger partial charge in [0, 0.05) is 11.9 Å². The zero-order valence-corrected chi connectivity index (χ0v) is 17.7. The Morgan fingerprint density at radius 1 is 1.16 bits per heavy atom. The first-order valence-corrected chi connectivity index (χ1v) is 10.4. The quantitative estimate of drug-likeness (QED) is 0.294. The lowest BCUT2D eigenvalue weighted by atomic mass is 10.2. The summed E-state index contributed by atoms with van der Waals surface area (Å²) in [4.78, 5) is 28.2. The zero-order chi connectivity index (χ0) is 22.5. The molecule has 0 radical (unpaired) electrons. The number of fused-ring (bicyclic) bond motifs is 1. The number of unbranched alkanes of at least 4 members (excludes halogenated alkanes) is 1. The van der Waals surface area contributed by atoms with Crippen molar-refractivity contribution in [3.8, 4) is 6.01 Å². The molecule has 1 aromatic carbocycles.